The Balaban J connectivity index is 1.43. The SMILES string of the molecule is CCOc1cc([C@H]2NC(=O)NC(C)=C2C(=O)OC)ccc1OC[C@@H](O)N/N=C/c1cc(Br)cc(Br)c1OCc1ccc(Cl)cc1Cl. The summed E-state index contributed by atoms with van der Waals surface area (Å²) in [5.41, 5.74) is 5.22. The molecule has 4 N–H and O–H groups in total. The number of halogens is 4. The molecule has 1 heterocycles. The molecule has 0 radical (unpaired) electrons. The lowest BCUT2D eigenvalue weighted by Gasteiger charge is -2.28. The second-order valence-electron chi connectivity index (χ2n) is 9.75. The smallest absolute Gasteiger partial charge is 0.337 e. The van der Waals surface area contributed by atoms with E-state index < -0.39 is 24.3 Å². The summed E-state index contributed by atoms with van der Waals surface area (Å²) in [6.07, 6.45) is 0.304. The standard InChI is InChI=1S/C31H30Br2Cl2N4O7/c1-4-44-25-10-17(28-27(30(41)43-3)16(2)37-31(42)38-28)6-8-24(25)45-15-26(40)39-36-13-19-9-20(32)11-22(33)29(19)46-14-18-5-7-21(34)12-23(18)35/h5-13,26,28,39-40H,4,14-15H2,1-3H3,(H2,37,38,42)/b36-13+/t26-,28-/m1/s1. The Hall–Kier alpha value is -3.49. The maximum Gasteiger partial charge on any atom is 0.337 e. The van der Waals surface area contributed by atoms with E-state index in [1.54, 1.807) is 56.3 Å². The lowest BCUT2D eigenvalue weighted by Crippen LogP contribution is -2.45. The first kappa shape index (κ1) is 35.4. The lowest BCUT2D eigenvalue weighted by atomic mass is 9.95. The van der Waals surface area contributed by atoms with Crippen LogP contribution in [0.1, 0.15) is 36.6 Å². The van der Waals surface area contributed by atoms with Crippen molar-refractivity contribution in [2.45, 2.75) is 32.7 Å². The van der Waals surface area contributed by atoms with Crippen molar-refractivity contribution in [2.24, 2.45) is 5.10 Å². The first-order valence-electron chi connectivity index (χ1n) is 13.8. The second kappa shape index (κ2) is 16.4. The zero-order valence-corrected chi connectivity index (χ0v) is 29.5. The minimum Gasteiger partial charge on any atom is -0.490 e. The Labute approximate surface area is 292 Å². The third-order valence-electron chi connectivity index (χ3n) is 6.52. The molecule has 46 heavy (non-hydrogen) atoms. The highest BCUT2D eigenvalue weighted by Gasteiger charge is 2.32. The number of carbonyl (C=O) groups excluding carboxylic acids is 2. The summed E-state index contributed by atoms with van der Waals surface area (Å²) in [6, 6.07) is 12.6. The van der Waals surface area contributed by atoms with Crippen LogP contribution in [0.15, 0.2) is 73.8 Å². The zero-order valence-electron chi connectivity index (χ0n) is 24.8. The predicted molar refractivity (Wildman–Crippen MR) is 182 cm³/mol. The first-order chi connectivity index (χ1) is 22.0. The number of aliphatic hydroxyl groups excluding tert-OH is 1. The van der Waals surface area contributed by atoms with E-state index in [-0.39, 0.29) is 18.8 Å². The Morgan fingerprint density at radius 3 is 2.61 bits per heavy atom. The van der Waals surface area contributed by atoms with Gasteiger partial charge in [0.05, 0.1) is 36.0 Å². The molecule has 0 saturated heterocycles. The van der Waals surface area contributed by atoms with Gasteiger partial charge in [0.15, 0.2) is 17.7 Å². The average molecular weight is 801 g/mol. The number of hydrogen-bond donors (Lipinski definition) is 4. The van der Waals surface area contributed by atoms with E-state index in [1.807, 2.05) is 6.07 Å². The number of amides is 2. The Morgan fingerprint density at radius 2 is 1.89 bits per heavy atom. The van der Waals surface area contributed by atoms with Gasteiger partial charge in [0.1, 0.15) is 19.0 Å². The van der Waals surface area contributed by atoms with Gasteiger partial charge in [0.25, 0.3) is 0 Å². The number of aliphatic hydroxyl groups is 1. The van der Waals surface area contributed by atoms with E-state index in [4.69, 9.17) is 42.1 Å². The monoisotopic (exact) mass is 798 g/mol. The van der Waals surface area contributed by atoms with Gasteiger partial charge in [-0.15, -0.1) is 0 Å². The molecule has 2 atom stereocenters. The Morgan fingerprint density at radius 1 is 1.11 bits per heavy atom. The lowest BCUT2D eigenvalue weighted by molar-refractivity contribution is -0.136. The number of ether oxygens (including phenoxy) is 4. The molecular weight excluding hydrogens is 771 g/mol. The number of rotatable bonds is 13. The summed E-state index contributed by atoms with van der Waals surface area (Å²) >= 11 is 19.3. The van der Waals surface area contributed by atoms with Crippen molar-refractivity contribution in [3.63, 3.8) is 0 Å². The van der Waals surface area contributed by atoms with E-state index in [1.165, 1.54) is 13.3 Å². The van der Waals surface area contributed by atoms with Crippen LogP contribution in [0, 0.1) is 0 Å². The van der Waals surface area contributed by atoms with Gasteiger partial charge in [-0.05, 0) is 71.7 Å². The van der Waals surface area contributed by atoms with Crippen LogP contribution in [0.5, 0.6) is 17.2 Å². The highest BCUT2D eigenvalue weighted by molar-refractivity contribution is 9.11. The van der Waals surface area contributed by atoms with E-state index >= 15 is 0 Å². The molecule has 0 aromatic heterocycles. The van der Waals surface area contributed by atoms with Gasteiger partial charge in [-0.2, -0.15) is 5.10 Å². The van der Waals surface area contributed by atoms with E-state index in [0.29, 0.717) is 55.2 Å². The summed E-state index contributed by atoms with van der Waals surface area (Å²) in [5, 5.41) is 21.1. The van der Waals surface area contributed by atoms with Crippen molar-refractivity contribution in [1.82, 2.24) is 16.1 Å². The zero-order chi connectivity index (χ0) is 33.4. The molecule has 0 saturated carbocycles. The number of nitrogens with one attached hydrogen (secondary N) is 3. The normalized spacial score (nSPS) is 15.2. The van der Waals surface area contributed by atoms with Crippen molar-refractivity contribution in [3.05, 3.63) is 95.5 Å². The van der Waals surface area contributed by atoms with Crippen molar-refractivity contribution in [2.75, 3.05) is 20.3 Å². The molecule has 0 fully saturated rings. The van der Waals surface area contributed by atoms with Crippen LogP contribution in [-0.4, -0.2) is 49.9 Å². The molecule has 0 aliphatic carbocycles. The molecule has 0 unspecified atom stereocenters. The summed E-state index contributed by atoms with van der Waals surface area (Å²) in [6.45, 7) is 3.75. The van der Waals surface area contributed by atoms with Gasteiger partial charge < -0.3 is 34.7 Å². The molecule has 3 aromatic carbocycles. The van der Waals surface area contributed by atoms with Gasteiger partial charge in [-0.25, -0.2) is 9.59 Å². The number of benzene rings is 3. The molecule has 244 valence electrons. The maximum atomic E-state index is 12.5. The summed E-state index contributed by atoms with van der Waals surface area (Å²) < 4.78 is 24.0. The van der Waals surface area contributed by atoms with E-state index in [2.05, 4.69) is 53.0 Å². The second-order valence-corrected chi connectivity index (χ2v) is 12.4. The predicted octanol–water partition coefficient (Wildman–Crippen LogP) is 6.62. The quantitative estimate of drug-likeness (QED) is 0.0656. The van der Waals surface area contributed by atoms with Crippen molar-refractivity contribution in [1.29, 1.82) is 0 Å². The van der Waals surface area contributed by atoms with Crippen molar-refractivity contribution >= 4 is 73.3 Å². The van der Waals surface area contributed by atoms with Gasteiger partial charge in [-0.3, -0.25) is 5.43 Å². The molecule has 3 aromatic rings. The third-order valence-corrected chi connectivity index (χ3v) is 8.16. The minimum atomic E-state index is -1.20. The van der Waals surface area contributed by atoms with Gasteiger partial charge in [-0.1, -0.05) is 51.3 Å². The fourth-order valence-electron chi connectivity index (χ4n) is 4.43. The minimum absolute atomic E-state index is 0.186. The fourth-order valence-corrected chi connectivity index (χ4v) is 6.27. The number of methoxy groups -OCH3 is 1. The molecule has 1 aliphatic heterocycles. The molecule has 0 bridgehead atoms. The van der Waals surface area contributed by atoms with E-state index in [0.717, 1.165) is 10.0 Å². The molecule has 11 nitrogen and oxygen atoms in total. The summed E-state index contributed by atoms with van der Waals surface area (Å²) in [5.74, 6) is 0.621. The molecule has 15 heteroatoms. The highest BCUT2D eigenvalue weighted by atomic mass is 79.9. The number of urea groups is 1. The van der Waals surface area contributed by atoms with Crippen molar-refractivity contribution < 1.29 is 33.6 Å². The van der Waals surface area contributed by atoms with Gasteiger partial charge >= 0.3 is 12.0 Å². The van der Waals surface area contributed by atoms with Crippen molar-refractivity contribution in [3.8, 4) is 17.2 Å². The van der Waals surface area contributed by atoms with Crippen LogP contribution in [-0.2, 0) is 16.1 Å². The number of hydrogen-bond acceptors (Lipinski definition) is 9. The molecule has 2 amide bonds. The molecule has 0 spiro atoms. The Kier molecular flexibility index (Phi) is 12.6. The number of nitrogens with zero attached hydrogens (tertiary/aromatic N) is 1. The first-order valence-corrected chi connectivity index (χ1v) is 16.1. The molecular formula is C31H30Br2Cl2N4O7. The summed E-state index contributed by atoms with van der Waals surface area (Å²) in [7, 11) is 1.27. The largest absolute Gasteiger partial charge is 0.490 e. The Bertz CT molecular complexity index is 1670. The maximum absolute atomic E-state index is 12.5. The van der Waals surface area contributed by atoms with E-state index in [9.17, 15) is 14.7 Å². The summed E-state index contributed by atoms with van der Waals surface area (Å²) in [4.78, 5) is 24.7. The van der Waals surface area contributed by atoms with Crippen LogP contribution in [0.2, 0.25) is 10.0 Å². The molecule has 4 rings (SSSR count). The van der Waals surface area contributed by atoms with Crippen LogP contribution >= 0.6 is 55.1 Å². The number of hydrazone groups is 1. The average Bonchev–Trinajstić information content (AvgIpc) is 3.00. The number of esters is 1. The fraction of sp³-hybridized carbons (Fsp3) is 0.258. The van der Waals surface area contributed by atoms with Crippen LogP contribution < -0.4 is 30.3 Å². The third kappa shape index (κ3) is 9.07. The van der Waals surface area contributed by atoms with Gasteiger partial charge in [0.2, 0.25) is 0 Å². The molecule has 1 aliphatic rings. The van der Waals surface area contributed by atoms with Crippen LogP contribution in [0.4, 0.5) is 4.79 Å². The topological polar surface area (TPSA) is 140 Å². The highest BCUT2D eigenvalue weighted by Crippen LogP contribution is 2.36. The van der Waals surface area contributed by atoms with Crippen LogP contribution in [0.25, 0.3) is 0 Å². The van der Waals surface area contributed by atoms with Gasteiger partial charge in [0, 0.05) is 31.3 Å². The van der Waals surface area contributed by atoms with Crippen LogP contribution in [0.3, 0.4) is 0 Å². The number of allylic oxidation sites excluding steroid dienone is 1. The number of carbonyl (C=O) groups is 2.